The molecule has 1 saturated carbocycles. The van der Waals surface area contributed by atoms with Crippen LogP contribution >= 0.6 is 17.4 Å². The third-order valence-corrected chi connectivity index (χ3v) is 6.70. The van der Waals surface area contributed by atoms with Gasteiger partial charge in [-0.05, 0) is 55.4 Å². The Balaban J connectivity index is 1.50. The predicted molar refractivity (Wildman–Crippen MR) is 103 cm³/mol. The summed E-state index contributed by atoms with van der Waals surface area (Å²) in [5.74, 6) is 1.91. The summed E-state index contributed by atoms with van der Waals surface area (Å²) in [6.45, 7) is 2.34. The second kappa shape index (κ2) is 9.06. The summed E-state index contributed by atoms with van der Waals surface area (Å²) < 4.78 is 11.7. The Hall–Kier alpha value is -0.0400. The van der Waals surface area contributed by atoms with Crippen molar-refractivity contribution in [2.75, 3.05) is 0 Å². The normalized spacial score (nSPS) is 34.0. The molecule has 1 saturated heterocycles. The maximum Gasteiger partial charge on any atom is 0.155 e. The van der Waals surface area contributed by atoms with Gasteiger partial charge in [0.15, 0.2) is 6.29 Å². The highest BCUT2D eigenvalue weighted by atomic mass is 32.0. The lowest BCUT2D eigenvalue weighted by Crippen LogP contribution is -2.19. The molecule has 1 heterocycles. The molecule has 3 unspecified atom stereocenters. The molecule has 1 aliphatic heterocycles. The van der Waals surface area contributed by atoms with E-state index in [-0.39, 0.29) is 6.10 Å². The summed E-state index contributed by atoms with van der Waals surface area (Å²) >= 11 is 0. The lowest BCUT2D eigenvalue weighted by atomic mass is 9.83. The van der Waals surface area contributed by atoms with Crippen molar-refractivity contribution in [3.8, 4) is 0 Å². The Labute approximate surface area is 149 Å². The van der Waals surface area contributed by atoms with Crippen LogP contribution in [0.2, 0.25) is 0 Å². The van der Waals surface area contributed by atoms with Gasteiger partial charge in [0.05, 0.1) is 12.2 Å². The van der Waals surface area contributed by atoms with Gasteiger partial charge in [0.2, 0.25) is 0 Å². The second-order valence-electron chi connectivity index (χ2n) is 7.36. The zero-order valence-corrected chi connectivity index (χ0v) is 16.6. The summed E-state index contributed by atoms with van der Waals surface area (Å²) in [5, 5.41) is 9.76. The molecule has 1 N–H and O–H groups in total. The first kappa shape index (κ1) is 18.7. The second-order valence-corrected chi connectivity index (χ2v) is 8.54. The van der Waals surface area contributed by atoms with Gasteiger partial charge in [-0.1, -0.05) is 46.2 Å². The van der Waals surface area contributed by atoms with E-state index in [1.165, 1.54) is 12.0 Å². The van der Waals surface area contributed by atoms with Crippen LogP contribution in [0.5, 0.6) is 0 Å². The van der Waals surface area contributed by atoms with E-state index in [1.807, 2.05) is 0 Å². The lowest BCUT2D eigenvalue weighted by molar-refractivity contribution is -0.0922. The number of hydrogen-bond donors (Lipinski definition) is 1. The van der Waals surface area contributed by atoms with Crippen LogP contribution in [0.4, 0.5) is 0 Å². The predicted octanol–water partition coefficient (Wildman–Crippen LogP) is 4.55. The zero-order valence-electron chi connectivity index (χ0n) is 14.4. The first-order valence-corrected chi connectivity index (χ1v) is 11.9. The molecule has 0 amide bonds. The SMILES string of the molecule is C[C@@H]1C[C@@H]2OC(O)C[C@@H]2[C@H]1CC[C@H](CCc1ccccc1)OPP. The molecule has 0 bridgehead atoms. The summed E-state index contributed by atoms with van der Waals surface area (Å²) in [6.07, 6.45) is 6.47. The minimum atomic E-state index is -0.534. The van der Waals surface area contributed by atoms with E-state index in [9.17, 15) is 5.11 Å². The van der Waals surface area contributed by atoms with E-state index in [4.69, 9.17) is 9.26 Å². The van der Waals surface area contributed by atoms with Crippen molar-refractivity contribution in [1.82, 2.24) is 0 Å². The molecule has 0 radical (unpaired) electrons. The summed E-state index contributed by atoms with van der Waals surface area (Å²) in [7, 11) is 3.18. The first-order valence-electron chi connectivity index (χ1n) is 9.16. The van der Waals surface area contributed by atoms with Gasteiger partial charge in [-0.25, -0.2) is 0 Å². The maximum absolute atomic E-state index is 9.76. The summed E-state index contributed by atoms with van der Waals surface area (Å²) in [4.78, 5) is 0. The number of rotatable bonds is 8. The van der Waals surface area contributed by atoms with Gasteiger partial charge in [0.25, 0.3) is 0 Å². The molecular formula is C19H30O3P2. The van der Waals surface area contributed by atoms with E-state index in [0.717, 1.165) is 32.1 Å². The molecule has 1 aliphatic carbocycles. The van der Waals surface area contributed by atoms with Crippen molar-refractivity contribution in [3.63, 3.8) is 0 Å². The smallest absolute Gasteiger partial charge is 0.155 e. The molecule has 0 aromatic heterocycles. The standard InChI is InChI=1S/C19H30O3P2/c1-13-11-18-17(12-19(20)21-18)16(13)10-9-15(22-24-23)8-7-14-5-3-2-4-6-14/h2-6,13,15-20,24H,7-12,23H2,1H3/t13-,15+,16+,17-,18+,19?/m1/s1. The van der Waals surface area contributed by atoms with Crippen LogP contribution in [0.15, 0.2) is 30.3 Å². The molecule has 8 atom stereocenters. The van der Waals surface area contributed by atoms with Gasteiger partial charge in [-0.3, -0.25) is 0 Å². The average Bonchev–Trinajstić information content (AvgIpc) is 3.06. The summed E-state index contributed by atoms with van der Waals surface area (Å²) in [6, 6.07) is 10.7. The highest BCUT2D eigenvalue weighted by molar-refractivity contribution is 8.00. The molecule has 2 aliphatic rings. The van der Waals surface area contributed by atoms with Gasteiger partial charge in [-0.2, -0.15) is 0 Å². The van der Waals surface area contributed by atoms with E-state index in [2.05, 4.69) is 46.2 Å². The fourth-order valence-corrected chi connectivity index (χ4v) is 5.60. The van der Waals surface area contributed by atoms with Crippen molar-refractivity contribution < 1.29 is 14.4 Å². The number of aliphatic hydroxyl groups is 1. The minimum absolute atomic E-state index is 0.285. The molecule has 24 heavy (non-hydrogen) atoms. The molecule has 3 nitrogen and oxygen atoms in total. The van der Waals surface area contributed by atoms with Crippen molar-refractivity contribution in [3.05, 3.63) is 35.9 Å². The monoisotopic (exact) mass is 368 g/mol. The Kier molecular flexibility index (Phi) is 7.07. The zero-order chi connectivity index (χ0) is 16.9. The molecule has 5 heteroatoms. The van der Waals surface area contributed by atoms with Crippen LogP contribution in [0, 0.1) is 17.8 Å². The van der Waals surface area contributed by atoms with Crippen LogP contribution < -0.4 is 0 Å². The van der Waals surface area contributed by atoms with E-state index < -0.39 is 6.29 Å². The van der Waals surface area contributed by atoms with Crippen molar-refractivity contribution >= 4 is 17.4 Å². The molecule has 3 rings (SSSR count). The Bertz CT molecular complexity index is 499. The highest BCUT2D eigenvalue weighted by Gasteiger charge is 2.47. The third-order valence-electron chi connectivity index (χ3n) is 5.82. The largest absolute Gasteiger partial charge is 0.368 e. The van der Waals surface area contributed by atoms with Gasteiger partial charge in [0.1, 0.15) is 0 Å². The number of benzene rings is 1. The molecule has 1 aromatic carbocycles. The summed E-state index contributed by atoms with van der Waals surface area (Å²) in [5.41, 5.74) is 1.39. The molecule has 1 aromatic rings. The van der Waals surface area contributed by atoms with Gasteiger partial charge in [-0.15, -0.1) is 0 Å². The molecule has 2 fully saturated rings. The van der Waals surface area contributed by atoms with E-state index in [0.29, 0.717) is 32.4 Å². The van der Waals surface area contributed by atoms with Crippen LogP contribution in [0.1, 0.15) is 44.6 Å². The number of aryl methyl sites for hydroxylation is 1. The van der Waals surface area contributed by atoms with Crippen LogP contribution in [-0.2, 0) is 15.7 Å². The average molecular weight is 368 g/mol. The van der Waals surface area contributed by atoms with Crippen molar-refractivity contribution in [2.24, 2.45) is 17.8 Å². The Morgan fingerprint density at radius 1 is 1.29 bits per heavy atom. The van der Waals surface area contributed by atoms with Crippen molar-refractivity contribution in [2.45, 2.75) is 63.9 Å². The van der Waals surface area contributed by atoms with Crippen LogP contribution in [0.3, 0.4) is 0 Å². The highest BCUT2D eigenvalue weighted by Crippen LogP contribution is 2.48. The lowest BCUT2D eigenvalue weighted by Gasteiger charge is -2.24. The fourth-order valence-electron chi connectivity index (χ4n) is 4.59. The Morgan fingerprint density at radius 3 is 2.83 bits per heavy atom. The van der Waals surface area contributed by atoms with Crippen molar-refractivity contribution in [1.29, 1.82) is 0 Å². The Morgan fingerprint density at radius 2 is 2.08 bits per heavy atom. The minimum Gasteiger partial charge on any atom is -0.368 e. The van der Waals surface area contributed by atoms with Crippen LogP contribution in [0.25, 0.3) is 0 Å². The number of fused-ring (bicyclic) bond motifs is 1. The van der Waals surface area contributed by atoms with Gasteiger partial charge in [0, 0.05) is 14.9 Å². The quantitative estimate of drug-likeness (QED) is 0.685. The third kappa shape index (κ3) is 4.77. The molecule has 134 valence electrons. The van der Waals surface area contributed by atoms with E-state index >= 15 is 0 Å². The topological polar surface area (TPSA) is 38.7 Å². The van der Waals surface area contributed by atoms with E-state index in [1.54, 1.807) is 0 Å². The number of aliphatic hydroxyl groups excluding tert-OH is 1. The first-order chi connectivity index (χ1) is 11.7. The molecule has 0 spiro atoms. The number of hydrogen-bond acceptors (Lipinski definition) is 3. The fraction of sp³-hybridized carbons (Fsp3) is 0.684. The van der Waals surface area contributed by atoms with Gasteiger partial charge < -0.3 is 14.4 Å². The number of ether oxygens (including phenoxy) is 1. The maximum atomic E-state index is 9.76. The molecular weight excluding hydrogens is 338 g/mol. The van der Waals surface area contributed by atoms with Crippen LogP contribution in [-0.4, -0.2) is 23.6 Å². The van der Waals surface area contributed by atoms with Gasteiger partial charge >= 0.3 is 0 Å².